The molecule has 1 aliphatic carbocycles. The van der Waals surface area contributed by atoms with Crippen LogP contribution < -0.4 is 5.32 Å². The van der Waals surface area contributed by atoms with Gasteiger partial charge in [0.05, 0.1) is 12.2 Å². The van der Waals surface area contributed by atoms with Gasteiger partial charge in [-0.3, -0.25) is 4.90 Å². The van der Waals surface area contributed by atoms with Crippen LogP contribution in [-0.4, -0.2) is 61.0 Å². The van der Waals surface area contributed by atoms with Gasteiger partial charge >= 0.3 is 0 Å². The molecular formula is C12H24N2O2. The minimum atomic E-state index is -0.245. The number of hydrogen-bond acceptors (Lipinski definition) is 4. The van der Waals surface area contributed by atoms with E-state index in [0.717, 1.165) is 39.2 Å². The van der Waals surface area contributed by atoms with Crippen molar-refractivity contribution in [3.8, 4) is 0 Å². The smallest absolute Gasteiger partial charge is 0.0791 e. The van der Waals surface area contributed by atoms with Crippen molar-refractivity contribution in [2.75, 3.05) is 32.8 Å². The monoisotopic (exact) mass is 228 g/mol. The van der Waals surface area contributed by atoms with E-state index >= 15 is 0 Å². The summed E-state index contributed by atoms with van der Waals surface area (Å²) in [5.41, 5.74) is 0. The molecule has 0 radical (unpaired) electrons. The van der Waals surface area contributed by atoms with E-state index in [2.05, 4.69) is 17.1 Å². The molecule has 2 unspecified atom stereocenters. The zero-order valence-corrected chi connectivity index (χ0v) is 10.2. The minimum Gasteiger partial charge on any atom is -0.390 e. The van der Waals surface area contributed by atoms with Gasteiger partial charge in [0, 0.05) is 38.8 Å². The molecule has 2 N–H and O–H groups in total. The molecular weight excluding hydrogens is 204 g/mol. The van der Waals surface area contributed by atoms with Gasteiger partial charge in [0.2, 0.25) is 0 Å². The largest absolute Gasteiger partial charge is 0.390 e. The average Bonchev–Trinajstić information content (AvgIpc) is 3.04. The maximum absolute atomic E-state index is 9.91. The first-order chi connectivity index (χ1) is 7.74. The van der Waals surface area contributed by atoms with Gasteiger partial charge in [-0.1, -0.05) is 0 Å². The molecule has 2 aliphatic rings. The van der Waals surface area contributed by atoms with Gasteiger partial charge in [-0.15, -0.1) is 0 Å². The molecule has 4 heteroatoms. The summed E-state index contributed by atoms with van der Waals surface area (Å²) in [7, 11) is 0. The third-order valence-corrected chi connectivity index (χ3v) is 3.22. The predicted octanol–water partition coefficient (Wildman–Crippen LogP) is 0.210. The lowest BCUT2D eigenvalue weighted by Gasteiger charge is -2.24. The number of rotatable bonds is 5. The molecule has 2 atom stereocenters. The quantitative estimate of drug-likeness (QED) is 0.706. The number of ether oxygens (including phenoxy) is 1. The van der Waals surface area contributed by atoms with Crippen LogP contribution in [0.5, 0.6) is 0 Å². The lowest BCUT2D eigenvalue weighted by molar-refractivity contribution is 0.0563. The Morgan fingerprint density at radius 1 is 1.50 bits per heavy atom. The molecule has 4 nitrogen and oxygen atoms in total. The average molecular weight is 228 g/mol. The van der Waals surface area contributed by atoms with Crippen molar-refractivity contribution in [1.82, 2.24) is 10.2 Å². The summed E-state index contributed by atoms with van der Waals surface area (Å²) in [6, 6.07) is 0.682. The maximum Gasteiger partial charge on any atom is 0.0791 e. The van der Waals surface area contributed by atoms with Crippen molar-refractivity contribution < 1.29 is 9.84 Å². The van der Waals surface area contributed by atoms with Crippen molar-refractivity contribution >= 4 is 0 Å². The standard InChI is InChI=1S/C12H24N2O2/c1-10-8-14(5-2-6-16-10)9-12(15)7-13-11-3-4-11/h10-13,15H,2-9H2,1H3. The maximum atomic E-state index is 9.91. The molecule has 0 aromatic heterocycles. The summed E-state index contributed by atoms with van der Waals surface area (Å²) in [6.07, 6.45) is 3.69. The normalized spacial score (nSPS) is 30.0. The van der Waals surface area contributed by atoms with Crippen LogP contribution in [-0.2, 0) is 4.74 Å². The number of nitrogens with one attached hydrogen (secondary N) is 1. The van der Waals surface area contributed by atoms with Gasteiger partial charge in [0.1, 0.15) is 0 Å². The highest BCUT2D eigenvalue weighted by atomic mass is 16.5. The van der Waals surface area contributed by atoms with Crippen molar-refractivity contribution in [3.63, 3.8) is 0 Å². The molecule has 0 bridgehead atoms. The lowest BCUT2D eigenvalue weighted by Crippen LogP contribution is -2.41. The molecule has 16 heavy (non-hydrogen) atoms. The Kier molecular flexibility index (Phi) is 4.58. The first kappa shape index (κ1) is 12.3. The van der Waals surface area contributed by atoms with Crippen LogP contribution in [0.4, 0.5) is 0 Å². The van der Waals surface area contributed by atoms with E-state index in [1.54, 1.807) is 0 Å². The summed E-state index contributed by atoms with van der Waals surface area (Å²) in [6.45, 7) is 6.45. The molecule has 2 rings (SSSR count). The molecule has 0 spiro atoms. The van der Waals surface area contributed by atoms with Gasteiger partial charge in [0.15, 0.2) is 0 Å². The molecule has 1 saturated carbocycles. The van der Waals surface area contributed by atoms with Gasteiger partial charge in [0.25, 0.3) is 0 Å². The molecule has 1 heterocycles. The van der Waals surface area contributed by atoms with Crippen LogP contribution in [0.2, 0.25) is 0 Å². The Morgan fingerprint density at radius 2 is 2.31 bits per heavy atom. The number of nitrogens with zero attached hydrogens (tertiary/aromatic N) is 1. The van der Waals surface area contributed by atoms with E-state index < -0.39 is 0 Å². The molecule has 0 amide bonds. The summed E-state index contributed by atoms with van der Waals surface area (Å²) >= 11 is 0. The van der Waals surface area contributed by atoms with Crippen LogP contribution >= 0.6 is 0 Å². The van der Waals surface area contributed by atoms with Gasteiger partial charge in [-0.05, 0) is 26.2 Å². The Morgan fingerprint density at radius 3 is 3.06 bits per heavy atom. The van der Waals surface area contributed by atoms with Crippen LogP contribution in [0.1, 0.15) is 26.2 Å². The summed E-state index contributed by atoms with van der Waals surface area (Å²) in [4.78, 5) is 2.32. The first-order valence-corrected chi connectivity index (χ1v) is 6.49. The highest BCUT2D eigenvalue weighted by Crippen LogP contribution is 2.18. The van der Waals surface area contributed by atoms with Crippen molar-refractivity contribution in [1.29, 1.82) is 0 Å². The molecule has 0 aromatic carbocycles. The zero-order chi connectivity index (χ0) is 11.4. The SMILES string of the molecule is CC1CN(CC(O)CNC2CC2)CCCO1. The fourth-order valence-electron chi connectivity index (χ4n) is 2.20. The molecule has 94 valence electrons. The predicted molar refractivity (Wildman–Crippen MR) is 63.5 cm³/mol. The van der Waals surface area contributed by atoms with Crippen molar-refractivity contribution in [2.45, 2.75) is 44.4 Å². The number of hydrogen-bond donors (Lipinski definition) is 2. The fourth-order valence-corrected chi connectivity index (χ4v) is 2.20. The van der Waals surface area contributed by atoms with E-state index in [9.17, 15) is 5.11 Å². The Labute approximate surface area is 98.0 Å². The summed E-state index contributed by atoms with van der Waals surface area (Å²) in [5, 5.41) is 13.3. The fraction of sp³-hybridized carbons (Fsp3) is 1.00. The second kappa shape index (κ2) is 5.96. The highest BCUT2D eigenvalue weighted by molar-refractivity contribution is 4.82. The Balaban J connectivity index is 1.65. The van der Waals surface area contributed by atoms with Crippen molar-refractivity contribution in [3.05, 3.63) is 0 Å². The second-order valence-electron chi connectivity index (χ2n) is 5.13. The minimum absolute atomic E-state index is 0.245. The zero-order valence-electron chi connectivity index (χ0n) is 10.2. The van der Waals surface area contributed by atoms with Crippen LogP contribution in [0.3, 0.4) is 0 Å². The number of aliphatic hydroxyl groups is 1. The van der Waals surface area contributed by atoms with Gasteiger partial charge in [-0.2, -0.15) is 0 Å². The first-order valence-electron chi connectivity index (χ1n) is 6.49. The molecule has 1 saturated heterocycles. The third kappa shape index (κ3) is 4.37. The van der Waals surface area contributed by atoms with E-state index in [4.69, 9.17) is 4.74 Å². The van der Waals surface area contributed by atoms with Gasteiger partial charge < -0.3 is 15.2 Å². The second-order valence-corrected chi connectivity index (χ2v) is 5.13. The summed E-state index contributed by atoms with van der Waals surface area (Å²) in [5.74, 6) is 0. The summed E-state index contributed by atoms with van der Waals surface area (Å²) < 4.78 is 5.58. The molecule has 2 fully saturated rings. The van der Waals surface area contributed by atoms with E-state index in [1.807, 2.05) is 0 Å². The Bertz CT molecular complexity index is 209. The number of aliphatic hydroxyl groups excluding tert-OH is 1. The van der Waals surface area contributed by atoms with E-state index in [0.29, 0.717) is 12.1 Å². The van der Waals surface area contributed by atoms with Crippen molar-refractivity contribution in [2.24, 2.45) is 0 Å². The van der Waals surface area contributed by atoms with E-state index in [1.165, 1.54) is 12.8 Å². The number of β-amino-alcohol motifs (C(OH)–C–C–N with tert-alkyl or cyclic N) is 1. The topological polar surface area (TPSA) is 44.7 Å². The third-order valence-electron chi connectivity index (χ3n) is 3.22. The Hall–Kier alpha value is -0.160. The van der Waals surface area contributed by atoms with Crippen LogP contribution in [0.15, 0.2) is 0 Å². The lowest BCUT2D eigenvalue weighted by atomic mass is 10.2. The van der Waals surface area contributed by atoms with Gasteiger partial charge in [-0.25, -0.2) is 0 Å². The van der Waals surface area contributed by atoms with Crippen LogP contribution in [0.25, 0.3) is 0 Å². The molecule has 0 aromatic rings. The van der Waals surface area contributed by atoms with E-state index in [-0.39, 0.29) is 6.10 Å². The van der Waals surface area contributed by atoms with Crippen LogP contribution in [0, 0.1) is 0 Å². The highest BCUT2D eigenvalue weighted by Gasteiger charge is 2.22. The molecule has 1 aliphatic heterocycles.